The molecule has 0 unspecified atom stereocenters. The van der Waals surface area contributed by atoms with Gasteiger partial charge >= 0.3 is 0 Å². The first-order valence-corrected chi connectivity index (χ1v) is 7.93. The van der Waals surface area contributed by atoms with Crippen molar-refractivity contribution in [2.24, 2.45) is 0 Å². The zero-order valence-electron chi connectivity index (χ0n) is 13.8. The molecule has 0 radical (unpaired) electrons. The molecule has 2 aromatic rings. The fourth-order valence-corrected chi connectivity index (χ4v) is 3.86. The second-order valence-electron chi connectivity index (χ2n) is 6.06. The SMILES string of the molecule is COc1ccc2c(c1)N1CCc3cc(OC)c(OC)cc3[C@H]1C2. The molecule has 2 aromatic carbocycles. The van der Waals surface area contributed by atoms with Gasteiger partial charge in [0.1, 0.15) is 5.75 Å². The first-order chi connectivity index (χ1) is 11.2. The van der Waals surface area contributed by atoms with Gasteiger partial charge in [0.05, 0.1) is 27.4 Å². The zero-order chi connectivity index (χ0) is 16.0. The van der Waals surface area contributed by atoms with E-state index in [1.165, 1.54) is 22.4 Å². The molecule has 0 aromatic heterocycles. The summed E-state index contributed by atoms with van der Waals surface area (Å²) in [4.78, 5) is 2.49. The molecule has 4 heteroatoms. The third-order valence-electron chi connectivity index (χ3n) is 5.02. The molecule has 4 nitrogen and oxygen atoms in total. The minimum Gasteiger partial charge on any atom is -0.497 e. The van der Waals surface area contributed by atoms with Gasteiger partial charge in [0.2, 0.25) is 0 Å². The molecule has 2 aliphatic heterocycles. The number of hydrogen-bond acceptors (Lipinski definition) is 4. The highest BCUT2D eigenvalue weighted by molar-refractivity contribution is 5.66. The number of fused-ring (bicyclic) bond motifs is 5. The Hall–Kier alpha value is -2.36. The van der Waals surface area contributed by atoms with Crippen molar-refractivity contribution in [2.75, 3.05) is 32.8 Å². The Kier molecular flexibility index (Phi) is 3.33. The molecule has 0 spiro atoms. The van der Waals surface area contributed by atoms with Crippen molar-refractivity contribution in [1.29, 1.82) is 0 Å². The number of anilines is 1. The lowest BCUT2D eigenvalue weighted by atomic mass is 9.91. The van der Waals surface area contributed by atoms with Gasteiger partial charge < -0.3 is 19.1 Å². The number of rotatable bonds is 3. The van der Waals surface area contributed by atoms with Gasteiger partial charge in [-0.3, -0.25) is 0 Å². The van der Waals surface area contributed by atoms with Crippen LogP contribution < -0.4 is 19.1 Å². The van der Waals surface area contributed by atoms with Crippen LogP contribution in [0.2, 0.25) is 0 Å². The molecular formula is C19H21NO3. The van der Waals surface area contributed by atoms with Crippen LogP contribution >= 0.6 is 0 Å². The summed E-state index contributed by atoms with van der Waals surface area (Å²) in [6.07, 6.45) is 2.05. The number of hydrogen-bond donors (Lipinski definition) is 0. The minimum absolute atomic E-state index is 0.376. The fourth-order valence-electron chi connectivity index (χ4n) is 3.86. The van der Waals surface area contributed by atoms with Gasteiger partial charge in [-0.05, 0) is 47.7 Å². The van der Waals surface area contributed by atoms with E-state index in [4.69, 9.17) is 14.2 Å². The van der Waals surface area contributed by atoms with Gasteiger partial charge in [0, 0.05) is 18.3 Å². The highest BCUT2D eigenvalue weighted by Crippen LogP contribution is 2.47. The van der Waals surface area contributed by atoms with Crippen molar-refractivity contribution in [1.82, 2.24) is 0 Å². The molecule has 2 aliphatic rings. The number of ether oxygens (including phenoxy) is 3. The van der Waals surface area contributed by atoms with E-state index in [0.717, 1.165) is 36.6 Å². The highest BCUT2D eigenvalue weighted by Gasteiger charge is 2.35. The lowest BCUT2D eigenvalue weighted by molar-refractivity contribution is 0.353. The summed E-state index contributed by atoms with van der Waals surface area (Å²) in [6.45, 7) is 1.02. The van der Waals surface area contributed by atoms with Crippen LogP contribution in [0.4, 0.5) is 5.69 Å². The van der Waals surface area contributed by atoms with E-state index in [-0.39, 0.29) is 0 Å². The molecule has 23 heavy (non-hydrogen) atoms. The molecule has 2 heterocycles. The van der Waals surface area contributed by atoms with E-state index in [1.807, 2.05) is 6.07 Å². The summed E-state index contributed by atoms with van der Waals surface area (Å²) in [5.74, 6) is 2.54. The molecule has 0 N–H and O–H groups in total. The molecule has 4 rings (SSSR count). The van der Waals surface area contributed by atoms with E-state index in [0.29, 0.717) is 6.04 Å². The summed E-state index contributed by atoms with van der Waals surface area (Å²) in [5, 5.41) is 0. The minimum atomic E-state index is 0.376. The van der Waals surface area contributed by atoms with E-state index in [1.54, 1.807) is 21.3 Å². The Morgan fingerprint density at radius 1 is 0.913 bits per heavy atom. The Morgan fingerprint density at radius 2 is 1.70 bits per heavy atom. The third kappa shape index (κ3) is 2.12. The Labute approximate surface area is 136 Å². The summed E-state index contributed by atoms with van der Waals surface area (Å²) in [6, 6.07) is 11.0. The summed E-state index contributed by atoms with van der Waals surface area (Å²) < 4.78 is 16.3. The van der Waals surface area contributed by atoms with Crippen LogP contribution in [0.1, 0.15) is 22.7 Å². The van der Waals surface area contributed by atoms with Crippen LogP contribution in [0.25, 0.3) is 0 Å². The molecule has 0 amide bonds. The number of nitrogens with zero attached hydrogens (tertiary/aromatic N) is 1. The van der Waals surface area contributed by atoms with Gasteiger partial charge in [-0.2, -0.15) is 0 Å². The van der Waals surface area contributed by atoms with Gasteiger partial charge in [0.25, 0.3) is 0 Å². The Morgan fingerprint density at radius 3 is 2.43 bits per heavy atom. The average Bonchev–Trinajstić information content (AvgIpc) is 2.98. The quantitative estimate of drug-likeness (QED) is 0.869. The fraction of sp³-hybridized carbons (Fsp3) is 0.368. The van der Waals surface area contributed by atoms with Crippen molar-refractivity contribution in [3.63, 3.8) is 0 Å². The predicted molar refractivity (Wildman–Crippen MR) is 90.0 cm³/mol. The van der Waals surface area contributed by atoms with Crippen LogP contribution in [0, 0.1) is 0 Å². The molecule has 120 valence electrons. The van der Waals surface area contributed by atoms with Crippen LogP contribution in [0.5, 0.6) is 17.2 Å². The molecular weight excluding hydrogens is 290 g/mol. The average molecular weight is 311 g/mol. The van der Waals surface area contributed by atoms with Crippen molar-refractivity contribution < 1.29 is 14.2 Å². The van der Waals surface area contributed by atoms with Gasteiger partial charge in [-0.25, -0.2) is 0 Å². The normalized spacial score (nSPS) is 18.0. The first-order valence-electron chi connectivity index (χ1n) is 7.93. The van der Waals surface area contributed by atoms with Crippen LogP contribution in [0.15, 0.2) is 30.3 Å². The number of benzene rings is 2. The molecule has 0 aliphatic carbocycles. The topological polar surface area (TPSA) is 30.9 Å². The van der Waals surface area contributed by atoms with E-state index in [2.05, 4.69) is 29.2 Å². The zero-order valence-corrected chi connectivity index (χ0v) is 13.8. The maximum absolute atomic E-state index is 5.50. The van der Waals surface area contributed by atoms with Gasteiger partial charge in [-0.1, -0.05) is 6.07 Å². The van der Waals surface area contributed by atoms with Crippen molar-refractivity contribution >= 4 is 5.69 Å². The second kappa shape index (κ2) is 5.37. The van der Waals surface area contributed by atoms with E-state index in [9.17, 15) is 0 Å². The van der Waals surface area contributed by atoms with Gasteiger partial charge in [-0.15, -0.1) is 0 Å². The maximum Gasteiger partial charge on any atom is 0.161 e. The van der Waals surface area contributed by atoms with Crippen molar-refractivity contribution in [2.45, 2.75) is 18.9 Å². The van der Waals surface area contributed by atoms with Crippen LogP contribution in [-0.2, 0) is 12.8 Å². The summed E-state index contributed by atoms with van der Waals surface area (Å²) >= 11 is 0. The van der Waals surface area contributed by atoms with Crippen molar-refractivity contribution in [3.8, 4) is 17.2 Å². The third-order valence-corrected chi connectivity index (χ3v) is 5.02. The Balaban J connectivity index is 1.77. The van der Waals surface area contributed by atoms with Gasteiger partial charge in [0.15, 0.2) is 11.5 Å². The highest BCUT2D eigenvalue weighted by atomic mass is 16.5. The van der Waals surface area contributed by atoms with E-state index >= 15 is 0 Å². The smallest absolute Gasteiger partial charge is 0.161 e. The van der Waals surface area contributed by atoms with Crippen molar-refractivity contribution in [3.05, 3.63) is 47.0 Å². The molecule has 0 fully saturated rings. The summed E-state index contributed by atoms with van der Waals surface area (Å²) in [5.41, 5.74) is 5.40. The molecule has 0 bridgehead atoms. The molecule has 1 atom stereocenters. The lowest BCUT2D eigenvalue weighted by Gasteiger charge is -2.34. The first kappa shape index (κ1) is 14.2. The van der Waals surface area contributed by atoms with E-state index < -0.39 is 0 Å². The Bertz CT molecular complexity index is 757. The monoisotopic (exact) mass is 311 g/mol. The second-order valence-corrected chi connectivity index (χ2v) is 6.06. The van der Waals surface area contributed by atoms with Crippen LogP contribution in [-0.4, -0.2) is 27.9 Å². The molecule has 0 saturated carbocycles. The summed E-state index contributed by atoms with van der Waals surface area (Å²) in [7, 11) is 5.10. The van der Waals surface area contributed by atoms with Crippen LogP contribution in [0.3, 0.4) is 0 Å². The largest absolute Gasteiger partial charge is 0.497 e. The molecule has 0 saturated heterocycles. The standard InChI is InChI=1S/C19H21NO3/c1-21-14-5-4-13-8-17-15-11-19(23-3)18(22-2)9-12(15)6-7-20(17)16(13)10-14/h4-5,9-11,17H,6-8H2,1-3H3/t17-/m1/s1. The maximum atomic E-state index is 5.50. The number of methoxy groups -OCH3 is 3. The predicted octanol–water partition coefficient (Wildman–Crippen LogP) is 3.37. The lowest BCUT2D eigenvalue weighted by Crippen LogP contribution is -2.32.